The fraction of sp³-hybridized carbons (Fsp3) is 0.182. The van der Waals surface area contributed by atoms with Gasteiger partial charge in [-0.2, -0.15) is 13.2 Å². The molecule has 4 rings (SSSR count). The summed E-state index contributed by atoms with van der Waals surface area (Å²) in [4.78, 5) is 17.1. The number of hydrogen-bond donors (Lipinski definition) is 3. The number of anilines is 2. The fourth-order valence-corrected chi connectivity index (χ4v) is 3.19. The standard InChI is InChI=1S/C22H18F3N5O2/c1-12-8-13(18(32)11-31)9-28-20(12)17-4-3-15-16(29-17)6-7-26-21(15)30-19-5-2-14(10-27-19)22(23,24)25/h2-10,18,31-32H,11H2,1H3,(H,26,27,30). The van der Waals surface area contributed by atoms with Crippen LogP contribution in [0.15, 0.2) is 55.0 Å². The van der Waals surface area contributed by atoms with Gasteiger partial charge in [-0.1, -0.05) is 0 Å². The molecule has 0 fully saturated rings. The number of aromatic nitrogens is 4. The average Bonchev–Trinajstić information content (AvgIpc) is 2.78. The van der Waals surface area contributed by atoms with Crippen LogP contribution in [-0.2, 0) is 6.18 Å². The summed E-state index contributed by atoms with van der Waals surface area (Å²) < 4.78 is 38.2. The average molecular weight is 441 g/mol. The van der Waals surface area contributed by atoms with Crippen molar-refractivity contribution in [3.05, 3.63) is 71.7 Å². The molecule has 0 aliphatic heterocycles. The van der Waals surface area contributed by atoms with E-state index in [-0.39, 0.29) is 5.82 Å². The number of fused-ring (bicyclic) bond motifs is 1. The molecule has 0 radical (unpaired) electrons. The molecule has 0 amide bonds. The number of nitrogens with zero attached hydrogens (tertiary/aromatic N) is 4. The van der Waals surface area contributed by atoms with Gasteiger partial charge in [0.2, 0.25) is 0 Å². The van der Waals surface area contributed by atoms with E-state index in [1.165, 1.54) is 18.5 Å². The maximum atomic E-state index is 12.7. The number of nitrogens with one attached hydrogen (secondary N) is 1. The first-order chi connectivity index (χ1) is 15.3. The molecule has 1 unspecified atom stereocenters. The van der Waals surface area contributed by atoms with Crippen LogP contribution in [0.4, 0.5) is 24.8 Å². The van der Waals surface area contributed by atoms with Crippen molar-refractivity contribution in [1.82, 2.24) is 19.9 Å². The number of alkyl halides is 3. The lowest BCUT2D eigenvalue weighted by Gasteiger charge is -2.12. The van der Waals surface area contributed by atoms with E-state index in [0.29, 0.717) is 33.7 Å². The highest BCUT2D eigenvalue weighted by molar-refractivity contribution is 5.91. The summed E-state index contributed by atoms with van der Waals surface area (Å²) in [7, 11) is 0. The van der Waals surface area contributed by atoms with Gasteiger partial charge in [-0.15, -0.1) is 0 Å². The van der Waals surface area contributed by atoms with Crippen LogP contribution in [0, 0.1) is 6.92 Å². The Labute approximate surface area is 180 Å². The number of aliphatic hydroxyl groups is 2. The monoisotopic (exact) mass is 441 g/mol. The molecule has 0 saturated carbocycles. The van der Waals surface area contributed by atoms with Crippen LogP contribution in [0.1, 0.15) is 22.8 Å². The molecule has 0 aliphatic rings. The summed E-state index contributed by atoms with van der Waals surface area (Å²) in [5.74, 6) is 0.623. The van der Waals surface area contributed by atoms with Crippen LogP contribution in [0.2, 0.25) is 0 Å². The van der Waals surface area contributed by atoms with Crippen LogP contribution in [0.3, 0.4) is 0 Å². The van der Waals surface area contributed by atoms with Gasteiger partial charge in [-0.05, 0) is 48.9 Å². The van der Waals surface area contributed by atoms with Gasteiger partial charge in [0.25, 0.3) is 0 Å². The first kappa shape index (κ1) is 21.6. The van der Waals surface area contributed by atoms with Gasteiger partial charge in [0.1, 0.15) is 17.7 Å². The van der Waals surface area contributed by atoms with Gasteiger partial charge in [-0.3, -0.25) is 4.98 Å². The van der Waals surface area contributed by atoms with E-state index in [1.807, 2.05) is 6.92 Å². The van der Waals surface area contributed by atoms with Crippen molar-refractivity contribution in [2.45, 2.75) is 19.2 Å². The lowest BCUT2D eigenvalue weighted by atomic mass is 10.1. The Bertz CT molecular complexity index is 1260. The van der Waals surface area contributed by atoms with Gasteiger partial charge in [0.05, 0.1) is 29.1 Å². The summed E-state index contributed by atoms with van der Waals surface area (Å²) in [5, 5.41) is 22.5. The number of aliphatic hydroxyl groups excluding tert-OH is 2. The number of pyridine rings is 4. The molecule has 1 atom stereocenters. The Morgan fingerprint density at radius 2 is 1.84 bits per heavy atom. The van der Waals surface area contributed by atoms with E-state index in [2.05, 4.69) is 25.3 Å². The third-order valence-corrected chi connectivity index (χ3v) is 4.85. The molecule has 0 bridgehead atoms. The zero-order valence-electron chi connectivity index (χ0n) is 16.8. The third kappa shape index (κ3) is 4.36. The first-order valence-electron chi connectivity index (χ1n) is 9.58. The third-order valence-electron chi connectivity index (χ3n) is 4.85. The summed E-state index contributed by atoms with van der Waals surface area (Å²) >= 11 is 0. The fourth-order valence-electron chi connectivity index (χ4n) is 3.19. The van der Waals surface area contributed by atoms with Crippen molar-refractivity contribution in [1.29, 1.82) is 0 Å². The second-order valence-electron chi connectivity index (χ2n) is 7.11. The molecule has 0 aliphatic carbocycles. The van der Waals surface area contributed by atoms with Crippen LogP contribution in [0.25, 0.3) is 22.3 Å². The maximum absolute atomic E-state index is 12.7. The van der Waals surface area contributed by atoms with Crippen LogP contribution >= 0.6 is 0 Å². The Morgan fingerprint density at radius 1 is 1.03 bits per heavy atom. The first-order valence-corrected chi connectivity index (χ1v) is 9.58. The Hall–Kier alpha value is -3.63. The normalized spacial score (nSPS) is 12.7. The van der Waals surface area contributed by atoms with Gasteiger partial charge in [0, 0.05) is 29.5 Å². The van der Waals surface area contributed by atoms with Gasteiger partial charge in [0.15, 0.2) is 0 Å². The van der Waals surface area contributed by atoms with Crippen LogP contribution in [0.5, 0.6) is 0 Å². The number of hydrogen-bond acceptors (Lipinski definition) is 7. The number of rotatable bonds is 5. The number of aryl methyl sites for hydroxylation is 1. The Morgan fingerprint density at radius 3 is 2.50 bits per heavy atom. The molecule has 10 heteroatoms. The Balaban J connectivity index is 1.64. The van der Waals surface area contributed by atoms with E-state index >= 15 is 0 Å². The van der Waals surface area contributed by atoms with E-state index in [0.717, 1.165) is 17.8 Å². The smallest absolute Gasteiger partial charge is 0.393 e. The maximum Gasteiger partial charge on any atom is 0.417 e. The van der Waals surface area contributed by atoms with E-state index < -0.39 is 24.5 Å². The summed E-state index contributed by atoms with van der Waals surface area (Å²) in [6, 6.07) is 9.18. The van der Waals surface area contributed by atoms with Crippen molar-refractivity contribution in [3.63, 3.8) is 0 Å². The topological polar surface area (TPSA) is 104 Å². The summed E-state index contributed by atoms with van der Waals surface area (Å²) in [6.45, 7) is 1.43. The second kappa shape index (κ2) is 8.48. The minimum Gasteiger partial charge on any atom is -0.393 e. The summed E-state index contributed by atoms with van der Waals surface area (Å²) in [5.41, 5.74) is 2.28. The zero-order valence-corrected chi connectivity index (χ0v) is 16.8. The van der Waals surface area contributed by atoms with E-state index in [9.17, 15) is 18.3 Å². The molecule has 3 N–H and O–H groups in total. The van der Waals surface area contributed by atoms with Crippen molar-refractivity contribution in [2.24, 2.45) is 0 Å². The molecule has 164 valence electrons. The molecule has 0 aromatic carbocycles. The largest absolute Gasteiger partial charge is 0.417 e. The quantitative estimate of drug-likeness (QED) is 0.427. The number of halogens is 3. The predicted molar refractivity (Wildman–Crippen MR) is 112 cm³/mol. The zero-order chi connectivity index (χ0) is 22.9. The molecular formula is C22H18F3N5O2. The van der Waals surface area contributed by atoms with Crippen molar-refractivity contribution < 1.29 is 23.4 Å². The molecular weight excluding hydrogens is 423 g/mol. The highest BCUT2D eigenvalue weighted by atomic mass is 19.4. The van der Waals surface area contributed by atoms with E-state index in [1.54, 1.807) is 24.3 Å². The van der Waals surface area contributed by atoms with Crippen LogP contribution in [-0.4, -0.2) is 36.8 Å². The van der Waals surface area contributed by atoms with Gasteiger partial charge in [-0.25, -0.2) is 15.0 Å². The highest BCUT2D eigenvalue weighted by Gasteiger charge is 2.30. The van der Waals surface area contributed by atoms with Crippen molar-refractivity contribution >= 4 is 22.5 Å². The van der Waals surface area contributed by atoms with E-state index in [4.69, 9.17) is 5.11 Å². The van der Waals surface area contributed by atoms with Gasteiger partial charge < -0.3 is 15.5 Å². The van der Waals surface area contributed by atoms with Crippen molar-refractivity contribution in [2.75, 3.05) is 11.9 Å². The predicted octanol–water partition coefficient (Wildman–Crippen LogP) is 4.18. The molecule has 4 aromatic heterocycles. The molecule has 7 nitrogen and oxygen atoms in total. The highest BCUT2D eigenvalue weighted by Crippen LogP contribution is 2.30. The second-order valence-corrected chi connectivity index (χ2v) is 7.11. The van der Waals surface area contributed by atoms with Crippen molar-refractivity contribution in [3.8, 4) is 11.4 Å². The Kier molecular flexibility index (Phi) is 5.72. The summed E-state index contributed by atoms with van der Waals surface area (Å²) in [6.07, 6.45) is -1.67. The lowest BCUT2D eigenvalue weighted by molar-refractivity contribution is -0.137. The molecule has 0 spiro atoms. The molecule has 0 saturated heterocycles. The molecule has 4 heterocycles. The molecule has 4 aromatic rings. The SMILES string of the molecule is Cc1cc(C(O)CO)cnc1-c1ccc2c(Nc3ccc(C(F)(F)F)cn3)nccc2n1. The minimum absolute atomic E-state index is 0.220. The van der Waals surface area contributed by atoms with Gasteiger partial charge >= 0.3 is 6.18 Å². The lowest BCUT2D eigenvalue weighted by Crippen LogP contribution is -2.06. The van der Waals surface area contributed by atoms with Crippen LogP contribution < -0.4 is 5.32 Å². The minimum atomic E-state index is -4.45. The molecule has 32 heavy (non-hydrogen) atoms.